The lowest BCUT2D eigenvalue weighted by Crippen LogP contribution is -2.42. The molecule has 0 unspecified atom stereocenters. The second-order valence-electron chi connectivity index (χ2n) is 5.33. The van der Waals surface area contributed by atoms with Crippen molar-refractivity contribution < 1.29 is 13.2 Å². The summed E-state index contributed by atoms with van der Waals surface area (Å²) in [6, 6.07) is 7.77. The van der Waals surface area contributed by atoms with Gasteiger partial charge in [-0.2, -0.15) is 0 Å². The number of likely N-dealkylation sites (N-methyl/N-ethyl adjacent to an activating group) is 1. The van der Waals surface area contributed by atoms with Crippen molar-refractivity contribution in [3.63, 3.8) is 0 Å². The number of sulfone groups is 1. The van der Waals surface area contributed by atoms with Gasteiger partial charge >= 0.3 is 6.03 Å². The lowest BCUT2D eigenvalue weighted by Gasteiger charge is -2.21. The summed E-state index contributed by atoms with van der Waals surface area (Å²) in [5.41, 5.74) is 2.22. The van der Waals surface area contributed by atoms with Gasteiger partial charge in [-0.3, -0.25) is 0 Å². The van der Waals surface area contributed by atoms with Gasteiger partial charge in [0.25, 0.3) is 0 Å². The molecule has 1 aromatic carbocycles. The zero-order chi connectivity index (χ0) is 15.5. The molecule has 1 N–H and O–H groups in total. The molecule has 0 atom stereocenters. The molecule has 116 valence electrons. The quantitative estimate of drug-likeness (QED) is 0.892. The van der Waals surface area contributed by atoms with Crippen LogP contribution in [-0.4, -0.2) is 58.0 Å². The second kappa shape index (κ2) is 6.34. The molecule has 1 aliphatic heterocycles. The number of nitrogens with zero attached hydrogens (tertiary/aromatic N) is 2. The van der Waals surface area contributed by atoms with Gasteiger partial charge < -0.3 is 15.1 Å². The van der Waals surface area contributed by atoms with E-state index in [1.165, 1.54) is 0 Å². The number of para-hydroxylation sites is 1. The van der Waals surface area contributed by atoms with E-state index in [0.29, 0.717) is 13.1 Å². The average Bonchev–Trinajstić information content (AvgIpc) is 2.57. The number of urea groups is 1. The molecular weight excluding hydrogens is 290 g/mol. The van der Waals surface area contributed by atoms with Crippen molar-refractivity contribution in [2.24, 2.45) is 0 Å². The lowest BCUT2D eigenvalue weighted by atomic mass is 10.1. The fraction of sp³-hybridized carbons (Fsp3) is 0.500. The Bertz CT molecular complexity index is 616. The smallest absolute Gasteiger partial charge is 0.317 e. The molecule has 0 bridgehead atoms. The van der Waals surface area contributed by atoms with Crippen LogP contribution in [0.15, 0.2) is 24.3 Å². The van der Waals surface area contributed by atoms with E-state index < -0.39 is 9.84 Å². The number of nitrogens with one attached hydrogen (secondary N) is 1. The van der Waals surface area contributed by atoms with Crippen LogP contribution in [0, 0.1) is 0 Å². The number of hydrogen-bond donors (Lipinski definition) is 1. The third-order valence-electron chi connectivity index (χ3n) is 3.51. The minimum absolute atomic E-state index is 0.0386. The molecule has 2 rings (SSSR count). The zero-order valence-corrected chi connectivity index (χ0v) is 13.2. The topological polar surface area (TPSA) is 69.7 Å². The third-order valence-corrected chi connectivity index (χ3v) is 4.45. The molecule has 0 saturated heterocycles. The minimum atomic E-state index is -3.06. The molecule has 0 fully saturated rings. The van der Waals surface area contributed by atoms with Crippen molar-refractivity contribution in [2.45, 2.75) is 6.54 Å². The van der Waals surface area contributed by atoms with Crippen LogP contribution in [-0.2, 0) is 16.4 Å². The highest BCUT2D eigenvalue weighted by molar-refractivity contribution is 7.90. The molecule has 1 aliphatic rings. The Morgan fingerprint density at radius 2 is 2.00 bits per heavy atom. The first kappa shape index (κ1) is 15.6. The molecule has 1 heterocycles. The van der Waals surface area contributed by atoms with Gasteiger partial charge in [0.2, 0.25) is 0 Å². The van der Waals surface area contributed by atoms with Crippen molar-refractivity contribution in [3.05, 3.63) is 29.8 Å². The first-order chi connectivity index (χ1) is 9.87. The second-order valence-corrected chi connectivity index (χ2v) is 7.59. The third kappa shape index (κ3) is 4.35. The summed E-state index contributed by atoms with van der Waals surface area (Å²) in [6.45, 7) is 2.03. The van der Waals surface area contributed by atoms with Crippen molar-refractivity contribution >= 4 is 21.6 Å². The Morgan fingerprint density at radius 1 is 1.29 bits per heavy atom. The standard InChI is InChI=1S/C14H21N3O3S/c1-16-8-9-17(11-12-5-3-4-6-13(12)16)14(18)15-7-10-21(2,19)20/h3-6H,7-11H2,1-2H3,(H,15,18). The van der Waals surface area contributed by atoms with E-state index in [0.717, 1.165) is 24.1 Å². The van der Waals surface area contributed by atoms with Crippen molar-refractivity contribution in [1.29, 1.82) is 0 Å². The van der Waals surface area contributed by atoms with Crippen LogP contribution < -0.4 is 10.2 Å². The highest BCUT2D eigenvalue weighted by Gasteiger charge is 2.20. The van der Waals surface area contributed by atoms with E-state index in [9.17, 15) is 13.2 Å². The Balaban J connectivity index is 2.00. The Labute approximate surface area is 125 Å². The largest absolute Gasteiger partial charge is 0.373 e. The number of fused-ring (bicyclic) bond motifs is 1. The Hall–Kier alpha value is -1.76. The molecule has 0 saturated carbocycles. The summed E-state index contributed by atoms with van der Waals surface area (Å²) in [5.74, 6) is -0.0386. The summed E-state index contributed by atoms with van der Waals surface area (Å²) in [7, 11) is -1.05. The number of carbonyl (C=O) groups excluding carboxylic acids is 1. The lowest BCUT2D eigenvalue weighted by molar-refractivity contribution is 0.198. The molecule has 0 radical (unpaired) electrons. The van der Waals surface area contributed by atoms with Gasteiger partial charge in [0.1, 0.15) is 9.84 Å². The molecule has 6 nitrogen and oxygen atoms in total. The van der Waals surface area contributed by atoms with Gasteiger partial charge in [-0.05, 0) is 11.6 Å². The van der Waals surface area contributed by atoms with E-state index in [1.54, 1.807) is 4.90 Å². The van der Waals surface area contributed by atoms with E-state index in [-0.39, 0.29) is 18.3 Å². The van der Waals surface area contributed by atoms with E-state index in [4.69, 9.17) is 0 Å². The molecule has 0 spiro atoms. The molecule has 21 heavy (non-hydrogen) atoms. The van der Waals surface area contributed by atoms with E-state index in [2.05, 4.69) is 10.2 Å². The summed E-state index contributed by atoms with van der Waals surface area (Å²) in [5, 5.41) is 2.67. The van der Waals surface area contributed by atoms with Crippen molar-refractivity contribution in [2.75, 3.05) is 43.6 Å². The average molecular weight is 311 g/mol. The van der Waals surface area contributed by atoms with Crippen LogP contribution in [0.5, 0.6) is 0 Å². The van der Waals surface area contributed by atoms with Gasteiger partial charge in [-0.25, -0.2) is 13.2 Å². The predicted octanol–water partition coefficient (Wildman–Crippen LogP) is 0.693. The van der Waals surface area contributed by atoms with Crippen molar-refractivity contribution in [1.82, 2.24) is 10.2 Å². The summed E-state index contributed by atoms with van der Waals surface area (Å²) < 4.78 is 22.2. The number of hydrogen-bond acceptors (Lipinski definition) is 4. The van der Waals surface area contributed by atoms with Crippen LogP contribution in [0.25, 0.3) is 0 Å². The molecular formula is C14H21N3O3S. The monoisotopic (exact) mass is 311 g/mol. The number of rotatable bonds is 3. The predicted molar refractivity (Wildman–Crippen MR) is 83.2 cm³/mol. The highest BCUT2D eigenvalue weighted by Crippen LogP contribution is 2.23. The fourth-order valence-electron chi connectivity index (χ4n) is 2.32. The van der Waals surface area contributed by atoms with Gasteiger partial charge in [0.15, 0.2) is 0 Å². The van der Waals surface area contributed by atoms with Crippen molar-refractivity contribution in [3.8, 4) is 0 Å². The fourth-order valence-corrected chi connectivity index (χ4v) is 2.79. The minimum Gasteiger partial charge on any atom is -0.373 e. The SMILES string of the molecule is CN1CCN(C(=O)NCCS(C)(=O)=O)Cc2ccccc21. The molecule has 0 aliphatic carbocycles. The van der Waals surface area contributed by atoms with Crippen LogP contribution in [0.2, 0.25) is 0 Å². The maximum absolute atomic E-state index is 12.2. The van der Waals surface area contributed by atoms with Gasteiger partial charge in [-0.15, -0.1) is 0 Å². The molecule has 2 amide bonds. The Kier molecular flexibility index (Phi) is 4.72. The summed E-state index contributed by atoms with van der Waals surface area (Å²) in [4.78, 5) is 16.0. The highest BCUT2D eigenvalue weighted by atomic mass is 32.2. The maximum Gasteiger partial charge on any atom is 0.317 e. The van der Waals surface area contributed by atoms with Gasteiger partial charge in [0.05, 0.1) is 5.75 Å². The molecule has 7 heteroatoms. The molecule has 1 aromatic rings. The maximum atomic E-state index is 12.2. The van der Waals surface area contributed by atoms with E-state index >= 15 is 0 Å². The van der Waals surface area contributed by atoms with Gasteiger partial charge in [0, 0.05) is 45.2 Å². The zero-order valence-electron chi connectivity index (χ0n) is 12.4. The first-order valence-corrected chi connectivity index (χ1v) is 8.92. The number of amides is 2. The van der Waals surface area contributed by atoms with Crippen LogP contribution in [0.3, 0.4) is 0 Å². The normalized spacial score (nSPS) is 15.3. The van der Waals surface area contributed by atoms with Gasteiger partial charge in [-0.1, -0.05) is 18.2 Å². The summed E-state index contributed by atoms with van der Waals surface area (Å²) in [6.07, 6.45) is 1.16. The Morgan fingerprint density at radius 3 is 2.71 bits per heavy atom. The van der Waals surface area contributed by atoms with Crippen LogP contribution in [0.4, 0.5) is 10.5 Å². The summed E-state index contributed by atoms with van der Waals surface area (Å²) >= 11 is 0. The number of anilines is 1. The molecule has 0 aromatic heterocycles. The number of carbonyl (C=O) groups is 1. The first-order valence-electron chi connectivity index (χ1n) is 6.86. The number of benzene rings is 1. The van der Waals surface area contributed by atoms with E-state index in [1.807, 2.05) is 31.3 Å². The van der Waals surface area contributed by atoms with Crippen LogP contribution in [0.1, 0.15) is 5.56 Å². The van der Waals surface area contributed by atoms with Crippen LogP contribution >= 0.6 is 0 Å².